The average molecular weight is 364 g/mol. The molecule has 1 heterocycles. The lowest BCUT2D eigenvalue weighted by atomic mass is 9.80. The first kappa shape index (κ1) is 19.2. The molecule has 2 aromatic carbocycles. The highest BCUT2D eigenvalue weighted by molar-refractivity contribution is 5.91. The van der Waals surface area contributed by atoms with Crippen molar-refractivity contribution in [1.82, 2.24) is 0 Å². The first-order valence-corrected chi connectivity index (χ1v) is 9.34. The molecule has 4 heteroatoms. The average Bonchev–Trinajstić information content (AvgIpc) is 2.64. The number of benzene rings is 2. The second-order valence-corrected chi connectivity index (χ2v) is 8.05. The quantitative estimate of drug-likeness (QED) is 0.551. The number of aryl methyl sites for hydroxylation is 1. The van der Waals surface area contributed by atoms with E-state index in [-0.39, 0.29) is 11.5 Å². The van der Waals surface area contributed by atoms with Crippen LogP contribution in [0.2, 0.25) is 0 Å². The van der Waals surface area contributed by atoms with E-state index in [4.69, 9.17) is 4.74 Å². The van der Waals surface area contributed by atoms with E-state index in [1.807, 2.05) is 19.2 Å². The molecule has 0 radical (unpaired) electrons. The number of carbonyl (C=O) groups is 1. The zero-order valence-corrected chi connectivity index (χ0v) is 17.0. The van der Waals surface area contributed by atoms with Gasteiger partial charge >= 0.3 is 5.97 Å². The number of hydrogen-bond acceptors (Lipinski definition) is 4. The molecule has 1 aliphatic heterocycles. The molecule has 0 saturated carbocycles. The monoisotopic (exact) mass is 364 g/mol. The van der Waals surface area contributed by atoms with Crippen LogP contribution >= 0.6 is 0 Å². The maximum absolute atomic E-state index is 11.8. The smallest absolute Gasteiger partial charge is 0.337 e. The predicted octanol–water partition coefficient (Wildman–Crippen LogP) is 5.25. The largest absolute Gasteiger partial charge is 0.465 e. The Kier molecular flexibility index (Phi) is 5.09. The van der Waals surface area contributed by atoms with E-state index in [2.05, 4.69) is 55.9 Å². The first-order valence-electron chi connectivity index (χ1n) is 9.34. The topological polar surface area (TPSA) is 41.9 Å². The Bertz CT molecular complexity index is 899. The van der Waals surface area contributed by atoms with Crippen molar-refractivity contribution in [3.63, 3.8) is 0 Å². The van der Waals surface area contributed by atoms with E-state index < -0.39 is 0 Å². The Morgan fingerprint density at radius 1 is 1.26 bits per heavy atom. The maximum Gasteiger partial charge on any atom is 0.337 e. The SMILES string of the molecule is COC(=O)c1ccc(C)c(N=Cc2ccc3c(c2)C(C)CC(C)(C)N3C)c1. The fraction of sp³-hybridized carbons (Fsp3) is 0.391. The van der Waals surface area contributed by atoms with Gasteiger partial charge in [-0.25, -0.2) is 4.79 Å². The molecule has 0 amide bonds. The number of rotatable bonds is 3. The van der Waals surface area contributed by atoms with Gasteiger partial charge in [0.1, 0.15) is 0 Å². The molecule has 0 bridgehead atoms. The van der Waals surface area contributed by atoms with Crippen molar-refractivity contribution in [2.75, 3.05) is 19.1 Å². The van der Waals surface area contributed by atoms with Gasteiger partial charge in [0, 0.05) is 24.5 Å². The zero-order chi connectivity index (χ0) is 19.8. The molecule has 0 fully saturated rings. The number of ether oxygens (including phenoxy) is 1. The number of anilines is 1. The summed E-state index contributed by atoms with van der Waals surface area (Å²) in [6.07, 6.45) is 2.99. The van der Waals surface area contributed by atoms with Crippen molar-refractivity contribution in [1.29, 1.82) is 0 Å². The van der Waals surface area contributed by atoms with Gasteiger partial charge in [-0.3, -0.25) is 4.99 Å². The number of aliphatic imine (C=N–C) groups is 1. The minimum Gasteiger partial charge on any atom is -0.465 e. The third-order valence-electron chi connectivity index (χ3n) is 5.64. The summed E-state index contributed by atoms with van der Waals surface area (Å²) in [6, 6.07) is 11.9. The summed E-state index contributed by atoms with van der Waals surface area (Å²) in [5, 5.41) is 0. The Labute approximate surface area is 161 Å². The van der Waals surface area contributed by atoms with E-state index in [1.54, 1.807) is 12.1 Å². The molecule has 27 heavy (non-hydrogen) atoms. The Balaban J connectivity index is 1.92. The Hall–Kier alpha value is -2.62. The molecule has 2 aromatic rings. The van der Waals surface area contributed by atoms with Crippen molar-refractivity contribution in [2.24, 2.45) is 4.99 Å². The zero-order valence-electron chi connectivity index (χ0n) is 17.0. The van der Waals surface area contributed by atoms with Gasteiger partial charge in [-0.1, -0.05) is 19.1 Å². The lowest BCUT2D eigenvalue weighted by molar-refractivity contribution is 0.0601. The van der Waals surface area contributed by atoms with Crippen molar-refractivity contribution in [3.05, 3.63) is 58.7 Å². The van der Waals surface area contributed by atoms with Crippen LogP contribution in [0.4, 0.5) is 11.4 Å². The Morgan fingerprint density at radius 2 is 2.00 bits per heavy atom. The highest BCUT2D eigenvalue weighted by Gasteiger charge is 2.33. The van der Waals surface area contributed by atoms with Gasteiger partial charge in [-0.2, -0.15) is 0 Å². The van der Waals surface area contributed by atoms with Crippen molar-refractivity contribution >= 4 is 23.6 Å². The predicted molar refractivity (Wildman–Crippen MR) is 112 cm³/mol. The molecule has 1 aliphatic rings. The van der Waals surface area contributed by atoms with Crippen LogP contribution in [0.3, 0.4) is 0 Å². The van der Waals surface area contributed by atoms with E-state index in [9.17, 15) is 4.79 Å². The Morgan fingerprint density at radius 3 is 2.70 bits per heavy atom. The van der Waals surface area contributed by atoms with Gasteiger partial charge < -0.3 is 9.64 Å². The number of hydrogen-bond donors (Lipinski definition) is 0. The van der Waals surface area contributed by atoms with Gasteiger partial charge in [0.05, 0.1) is 18.4 Å². The van der Waals surface area contributed by atoms with E-state index in [0.717, 1.165) is 23.2 Å². The second-order valence-electron chi connectivity index (χ2n) is 8.05. The summed E-state index contributed by atoms with van der Waals surface area (Å²) in [6.45, 7) is 8.86. The molecule has 0 aromatic heterocycles. The lowest BCUT2D eigenvalue weighted by Crippen LogP contribution is -2.45. The third kappa shape index (κ3) is 3.75. The fourth-order valence-corrected chi connectivity index (χ4v) is 3.81. The minimum atomic E-state index is -0.347. The highest BCUT2D eigenvalue weighted by atomic mass is 16.5. The molecule has 0 aliphatic carbocycles. The molecule has 0 N–H and O–H groups in total. The molecule has 0 saturated heterocycles. The molecular formula is C23H28N2O2. The van der Waals surface area contributed by atoms with Crippen LogP contribution in [-0.2, 0) is 4.74 Å². The molecular weight excluding hydrogens is 336 g/mol. The van der Waals surface area contributed by atoms with Crippen LogP contribution in [0.25, 0.3) is 0 Å². The summed E-state index contributed by atoms with van der Waals surface area (Å²) in [5.41, 5.74) is 6.19. The van der Waals surface area contributed by atoms with Gasteiger partial charge in [0.2, 0.25) is 0 Å². The normalized spacial score (nSPS) is 18.4. The number of fused-ring (bicyclic) bond motifs is 1. The summed E-state index contributed by atoms with van der Waals surface area (Å²) in [7, 11) is 3.55. The molecule has 0 spiro atoms. The molecule has 1 unspecified atom stereocenters. The molecule has 1 atom stereocenters. The molecule has 142 valence electrons. The van der Waals surface area contributed by atoms with E-state index in [1.165, 1.54) is 18.4 Å². The maximum atomic E-state index is 11.8. The summed E-state index contributed by atoms with van der Waals surface area (Å²) in [4.78, 5) is 18.7. The number of esters is 1. The van der Waals surface area contributed by atoms with E-state index >= 15 is 0 Å². The van der Waals surface area contributed by atoms with Gasteiger partial charge in [0.25, 0.3) is 0 Å². The van der Waals surface area contributed by atoms with Gasteiger partial charge in [-0.15, -0.1) is 0 Å². The van der Waals surface area contributed by atoms with Gasteiger partial charge in [-0.05, 0) is 74.1 Å². The van der Waals surface area contributed by atoms with Gasteiger partial charge in [0.15, 0.2) is 0 Å². The van der Waals surface area contributed by atoms with Crippen molar-refractivity contribution in [2.45, 2.75) is 45.6 Å². The van der Waals surface area contributed by atoms with Crippen molar-refractivity contribution in [3.8, 4) is 0 Å². The summed E-state index contributed by atoms with van der Waals surface area (Å²) < 4.78 is 4.80. The number of methoxy groups -OCH3 is 1. The molecule has 3 rings (SSSR count). The first-order chi connectivity index (χ1) is 12.7. The molecule has 4 nitrogen and oxygen atoms in total. The van der Waals surface area contributed by atoms with Crippen LogP contribution in [0, 0.1) is 6.92 Å². The van der Waals surface area contributed by atoms with Crippen LogP contribution < -0.4 is 4.90 Å². The summed E-state index contributed by atoms with van der Waals surface area (Å²) in [5.74, 6) is 0.156. The van der Waals surface area contributed by atoms with Crippen LogP contribution in [0.15, 0.2) is 41.4 Å². The van der Waals surface area contributed by atoms with Crippen LogP contribution in [0.5, 0.6) is 0 Å². The number of carbonyl (C=O) groups excluding carboxylic acids is 1. The highest BCUT2D eigenvalue weighted by Crippen LogP contribution is 2.42. The number of nitrogens with zero attached hydrogens (tertiary/aromatic N) is 2. The van der Waals surface area contributed by atoms with E-state index in [0.29, 0.717) is 11.5 Å². The third-order valence-corrected chi connectivity index (χ3v) is 5.64. The summed E-state index contributed by atoms with van der Waals surface area (Å²) >= 11 is 0. The second kappa shape index (κ2) is 7.18. The van der Waals surface area contributed by atoms with Crippen LogP contribution in [0.1, 0.15) is 60.2 Å². The standard InChI is InChI=1S/C23H28N2O2/c1-15-7-9-18(22(26)27-6)12-20(15)24-14-17-8-10-21-19(11-17)16(2)13-23(3,4)25(21)5/h7-12,14,16H,13H2,1-6H3. The lowest BCUT2D eigenvalue weighted by Gasteiger charge is -2.45. The van der Waals surface area contributed by atoms with Crippen molar-refractivity contribution < 1.29 is 9.53 Å². The minimum absolute atomic E-state index is 0.160. The fourth-order valence-electron chi connectivity index (χ4n) is 3.81. The van der Waals surface area contributed by atoms with Crippen LogP contribution in [-0.4, -0.2) is 31.9 Å².